The zero-order valence-electron chi connectivity index (χ0n) is 12.9. The second-order valence-corrected chi connectivity index (χ2v) is 6.56. The fourth-order valence-corrected chi connectivity index (χ4v) is 3.07. The minimum absolute atomic E-state index is 0.152. The van der Waals surface area contributed by atoms with Gasteiger partial charge in [0.2, 0.25) is 10.0 Å². The zero-order valence-corrected chi connectivity index (χ0v) is 13.7. The Morgan fingerprint density at radius 2 is 1.74 bits per heavy atom. The molecular weight excluding hydrogens is 321 g/mol. The van der Waals surface area contributed by atoms with Crippen LogP contribution in [0.25, 0.3) is 0 Å². The van der Waals surface area contributed by atoms with Crippen molar-refractivity contribution in [3.63, 3.8) is 0 Å². The van der Waals surface area contributed by atoms with Gasteiger partial charge in [0.15, 0.2) is 11.6 Å². The van der Waals surface area contributed by atoms with Gasteiger partial charge in [0.05, 0.1) is 19.1 Å². The number of hydrogen-bond donors (Lipinski definition) is 1. The van der Waals surface area contributed by atoms with Gasteiger partial charge in [0.25, 0.3) is 0 Å². The molecule has 0 saturated carbocycles. The average molecular weight is 339 g/mol. The van der Waals surface area contributed by atoms with Crippen molar-refractivity contribution in [2.75, 3.05) is 20.8 Å². The highest BCUT2D eigenvalue weighted by atomic mass is 32.2. The van der Waals surface area contributed by atoms with Gasteiger partial charge in [-0.25, -0.2) is 17.5 Å². The molecule has 0 aliphatic heterocycles. The van der Waals surface area contributed by atoms with Gasteiger partial charge in [0, 0.05) is 6.54 Å². The summed E-state index contributed by atoms with van der Waals surface area (Å²) in [5.41, 5.74) is 0.681. The van der Waals surface area contributed by atoms with E-state index in [1.54, 1.807) is 18.2 Å². The lowest BCUT2D eigenvalue weighted by atomic mass is 10.1. The first kappa shape index (κ1) is 17.2. The predicted molar refractivity (Wildman–Crippen MR) is 84.8 cm³/mol. The molecule has 0 fully saturated rings. The Balaban J connectivity index is 1.97. The summed E-state index contributed by atoms with van der Waals surface area (Å²) in [6, 6.07) is 10.6. The van der Waals surface area contributed by atoms with Crippen molar-refractivity contribution in [1.82, 2.24) is 4.72 Å². The summed E-state index contributed by atoms with van der Waals surface area (Å²) in [4.78, 5) is 0.152. The highest BCUT2D eigenvalue weighted by Crippen LogP contribution is 2.18. The summed E-state index contributed by atoms with van der Waals surface area (Å²) in [5.74, 6) is 0.272. The topological polar surface area (TPSA) is 64.6 Å². The Bertz CT molecular complexity index is 760. The van der Waals surface area contributed by atoms with E-state index in [1.165, 1.54) is 38.5 Å². The molecule has 1 N–H and O–H groups in total. The zero-order chi connectivity index (χ0) is 16.9. The van der Waals surface area contributed by atoms with Gasteiger partial charge in [-0.1, -0.05) is 6.07 Å². The quantitative estimate of drug-likeness (QED) is 0.841. The summed E-state index contributed by atoms with van der Waals surface area (Å²) < 4.78 is 50.2. The molecule has 0 atom stereocenters. The standard InChI is InChI=1S/C16H18FNO4S/c1-21-13-4-6-14(7-5-13)23(19,20)18-10-9-12-3-8-16(22-2)15(17)11-12/h3-8,11,18H,9-10H2,1-2H3. The van der Waals surface area contributed by atoms with Crippen LogP contribution in [0.1, 0.15) is 5.56 Å². The number of hydrogen-bond acceptors (Lipinski definition) is 4. The number of methoxy groups -OCH3 is 2. The van der Waals surface area contributed by atoms with Crippen molar-refractivity contribution >= 4 is 10.0 Å². The largest absolute Gasteiger partial charge is 0.497 e. The smallest absolute Gasteiger partial charge is 0.240 e. The molecule has 0 aromatic heterocycles. The monoisotopic (exact) mass is 339 g/mol. The molecule has 0 heterocycles. The minimum atomic E-state index is -3.60. The van der Waals surface area contributed by atoms with Crippen LogP contribution in [0.5, 0.6) is 11.5 Å². The molecule has 2 aromatic rings. The van der Waals surface area contributed by atoms with E-state index in [0.29, 0.717) is 17.7 Å². The maximum atomic E-state index is 13.6. The van der Waals surface area contributed by atoms with Crippen LogP contribution in [0.4, 0.5) is 4.39 Å². The van der Waals surface area contributed by atoms with E-state index in [9.17, 15) is 12.8 Å². The number of sulfonamides is 1. The molecule has 2 rings (SSSR count). The van der Waals surface area contributed by atoms with E-state index in [0.717, 1.165) is 0 Å². The lowest BCUT2D eigenvalue weighted by Gasteiger charge is -2.08. The first-order valence-corrected chi connectivity index (χ1v) is 8.40. The second-order valence-electron chi connectivity index (χ2n) is 4.79. The van der Waals surface area contributed by atoms with Crippen LogP contribution in [0.2, 0.25) is 0 Å². The first-order chi connectivity index (χ1) is 11.0. The average Bonchev–Trinajstić information content (AvgIpc) is 2.55. The van der Waals surface area contributed by atoms with Crippen molar-refractivity contribution in [1.29, 1.82) is 0 Å². The second kappa shape index (κ2) is 7.43. The summed E-state index contributed by atoms with van der Waals surface area (Å²) in [6.07, 6.45) is 0.371. The van der Waals surface area contributed by atoms with E-state index >= 15 is 0 Å². The van der Waals surface area contributed by atoms with Crippen molar-refractivity contribution in [3.05, 3.63) is 53.8 Å². The molecule has 0 amide bonds. The molecule has 7 heteroatoms. The van der Waals surface area contributed by atoms with Crippen LogP contribution in [0.15, 0.2) is 47.4 Å². The maximum Gasteiger partial charge on any atom is 0.240 e. The molecule has 2 aromatic carbocycles. The number of halogens is 1. The van der Waals surface area contributed by atoms with E-state index in [-0.39, 0.29) is 17.2 Å². The van der Waals surface area contributed by atoms with Crippen molar-refractivity contribution < 1.29 is 22.3 Å². The van der Waals surface area contributed by atoms with Gasteiger partial charge >= 0.3 is 0 Å². The number of ether oxygens (including phenoxy) is 2. The van der Waals surface area contributed by atoms with E-state index < -0.39 is 15.8 Å². The molecular formula is C16H18FNO4S. The Labute approximate surface area is 135 Å². The van der Waals surface area contributed by atoms with Gasteiger partial charge in [-0.3, -0.25) is 0 Å². The van der Waals surface area contributed by atoms with Crippen LogP contribution >= 0.6 is 0 Å². The third-order valence-corrected chi connectivity index (χ3v) is 4.77. The van der Waals surface area contributed by atoms with Crippen LogP contribution < -0.4 is 14.2 Å². The fourth-order valence-electron chi connectivity index (χ4n) is 2.03. The van der Waals surface area contributed by atoms with Crippen LogP contribution in [0.3, 0.4) is 0 Å². The molecule has 0 saturated heterocycles. The molecule has 0 unspecified atom stereocenters. The van der Waals surface area contributed by atoms with E-state index in [1.807, 2.05) is 0 Å². The number of nitrogens with one attached hydrogen (secondary N) is 1. The third kappa shape index (κ3) is 4.43. The summed E-state index contributed by atoms with van der Waals surface area (Å²) in [6.45, 7) is 0.167. The van der Waals surface area contributed by atoms with Gasteiger partial charge in [0.1, 0.15) is 5.75 Å². The van der Waals surface area contributed by atoms with Crippen LogP contribution in [0, 0.1) is 5.82 Å². The number of rotatable bonds is 7. The van der Waals surface area contributed by atoms with Crippen molar-refractivity contribution in [2.24, 2.45) is 0 Å². The molecule has 0 bridgehead atoms. The van der Waals surface area contributed by atoms with Crippen molar-refractivity contribution in [2.45, 2.75) is 11.3 Å². The van der Waals surface area contributed by atoms with Gasteiger partial charge in [-0.05, 0) is 48.4 Å². The molecule has 0 aliphatic rings. The molecule has 5 nitrogen and oxygen atoms in total. The molecule has 0 spiro atoms. The summed E-state index contributed by atoms with van der Waals surface area (Å²) in [7, 11) is -0.703. The number of benzene rings is 2. The van der Waals surface area contributed by atoms with Crippen LogP contribution in [-0.4, -0.2) is 29.2 Å². The normalized spacial score (nSPS) is 11.3. The predicted octanol–water partition coefficient (Wildman–Crippen LogP) is 2.36. The molecule has 0 aliphatic carbocycles. The fraction of sp³-hybridized carbons (Fsp3) is 0.250. The van der Waals surface area contributed by atoms with E-state index in [4.69, 9.17) is 9.47 Å². The van der Waals surface area contributed by atoms with Crippen molar-refractivity contribution in [3.8, 4) is 11.5 Å². The van der Waals surface area contributed by atoms with Gasteiger partial charge in [-0.15, -0.1) is 0 Å². The maximum absolute atomic E-state index is 13.6. The van der Waals surface area contributed by atoms with E-state index in [2.05, 4.69) is 4.72 Å². The first-order valence-electron chi connectivity index (χ1n) is 6.92. The van der Waals surface area contributed by atoms with Gasteiger partial charge in [-0.2, -0.15) is 0 Å². The Hall–Kier alpha value is -2.12. The highest BCUT2D eigenvalue weighted by Gasteiger charge is 2.13. The molecule has 124 valence electrons. The molecule has 23 heavy (non-hydrogen) atoms. The summed E-state index contributed by atoms with van der Waals surface area (Å²) >= 11 is 0. The Morgan fingerprint density at radius 3 is 2.30 bits per heavy atom. The van der Waals surface area contributed by atoms with Gasteiger partial charge < -0.3 is 9.47 Å². The SMILES string of the molecule is COc1ccc(S(=O)(=O)NCCc2ccc(OC)c(F)c2)cc1. The molecule has 0 radical (unpaired) electrons. The summed E-state index contributed by atoms with van der Waals surface area (Å²) in [5, 5.41) is 0. The Morgan fingerprint density at radius 1 is 1.04 bits per heavy atom. The minimum Gasteiger partial charge on any atom is -0.497 e. The highest BCUT2D eigenvalue weighted by molar-refractivity contribution is 7.89. The third-order valence-electron chi connectivity index (χ3n) is 3.29. The van der Waals surface area contributed by atoms with Crippen LogP contribution in [-0.2, 0) is 16.4 Å². The lowest BCUT2D eigenvalue weighted by Crippen LogP contribution is -2.26. The lowest BCUT2D eigenvalue weighted by molar-refractivity contribution is 0.386. The Kier molecular flexibility index (Phi) is 5.57.